The number of nitro benzene ring substituents is 1. The number of hydrogen-bond acceptors (Lipinski definition) is 10. The summed E-state index contributed by atoms with van der Waals surface area (Å²) < 4.78 is 20.9. The molecule has 6 unspecified atom stereocenters. The molecule has 3 aliphatic rings. The molecule has 0 aromatic heterocycles. The number of oxime groups is 1. The molecule has 1 aliphatic heterocycles. The molecule has 6 rings (SSSR count). The molecule has 0 saturated heterocycles. The SMILES string of the molecule is C=CCOC12Oc3ccc(Oc4cccc([N+](=O)[O-])c4)cc3C3C(CCCCO)C(CCCCO)C=C(C(=NOCc4ccccc4)CC1SCCCCCCCCCCCCCCCC)C32. The fraction of sp³-hybridized carbons (Fsp3) is 0.589. The minimum absolute atomic E-state index is 0.0409. The molecule has 2 N–H and O–H groups in total. The van der Waals surface area contributed by atoms with Gasteiger partial charge in [-0.3, -0.25) is 10.1 Å². The Morgan fingerprint density at radius 3 is 2.16 bits per heavy atom. The van der Waals surface area contributed by atoms with Gasteiger partial charge in [-0.2, -0.15) is 11.8 Å². The summed E-state index contributed by atoms with van der Waals surface area (Å²) in [6, 6.07) is 22.3. The van der Waals surface area contributed by atoms with Crippen LogP contribution in [0.4, 0.5) is 5.69 Å². The summed E-state index contributed by atoms with van der Waals surface area (Å²) in [5.74, 6) is 1.52. The molecule has 0 radical (unpaired) electrons. The summed E-state index contributed by atoms with van der Waals surface area (Å²) in [5, 5.41) is 36.5. The maximum absolute atomic E-state index is 11.7. The van der Waals surface area contributed by atoms with E-state index in [0.717, 1.165) is 66.0 Å². The zero-order chi connectivity index (χ0) is 47.1. The molecule has 3 aromatic carbocycles. The van der Waals surface area contributed by atoms with Gasteiger partial charge in [0.2, 0.25) is 5.79 Å². The molecule has 3 aromatic rings. The molecule has 1 saturated carbocycles. The second-order valence-corrected chi connectivity index (χ2v) is 20.1. The second kappa shape index (κ2) is 28.4. The number of nitrogens with zero attached hydrogens (tertiary/aromatic N) is 2. The van der Waals surface area contributed by atoms with Crippen molar-refractivity contribution in [3.05, 3.63) is 118 Å². The molecule has 11 heteroatoms. The van der Waals surface area contributed by atoms with E-state index in [1.807, 2.05) is 60.3 Å². The molecule has 366 valence electrons. The topological polar surface area (TPSA) is 133 Å². The molecule has 67 heavy (non-hydrogen) atoms. The fourth-order valence-corrected chi connectivity index (χ4v) is 12.0. The van der Waals surface area contributed by atoms with Crippen LogP contribution in [-0.2, 0) is 16.2 Å². The van der Waals surface area contributed by atoms with Crippen LogP contribution in [-0.4, -0.2) is 57.5 Å². The van der Waals surface area contributed by atoms with Crippen molar-refractivity contribution in [3.63, 3.8) is 0 Å². The summed E-state index contributed by atoms with van der Waals surface area (Å²) in [7, 11) is 0. The lowest BCUT2D eigenvalue weighted by molar-refractivity contribution is -0.384. The van der Waals surface area contributed by atoms with Crippen LogP contribution >= 0.6 is 11.8 Å². The Bertz CT molecular complexity index is 2010. The molecular weight excluding hydrogens is 861 g/mol. The standard InChI is InChI=1S/C56H78N2O8S/c1-3-5-6-7-8-9-10-11-12-13-14-15-16-24-37-67-53-41-51(57-64-42-43-26-18-17-19-27-43)49-38-44(28-20-22-34-59)48(31-21-23-35-60)54-50-40-47(65-46-30-25-29-45(39-46)58(61)62)32-33-52(50)66-56(53,55(49)54)63-36-4-2/h4,17-19,25-27,29-30,32-33,38-40,44,48,53-55,59-60H,2-3,5-16,20-24,28,31,34-37,41-42H2,1H3. The monoisotopic (exact) mass is 939 g/mol. The van der Waals surface area contributed by atoms with Gasteiger partial charge in [0.05, 0.1) is 34.5 Å². The lowest BCUT2D eigenvalue weighted by Gasteiger charge is -2.58. The van der Waals surface area contributed by atoms with Gasteiger partial charge in [-0.1, -0.05) is 157 Å². The number of nitro groups is 1. The van der Waals surface area contributed by atoms with Crippen LogP contribution in [0.3, 0.4) is 0 Å². The van der Waals surface area contributed by atoms with Crippen molar-refractivity contribution >= 4 is 23.2 Å². The third-order valence-electron chi connectivity index (χ3n) is 14.0. The van der Waals surface area contributed by atoms with Gasteiger partial charge >= 0.3 is 0 Å². The number of benzene rings is 3. The highest BCUT2D eigenvalue weighted by Crippen LogP contribution is 2.62. The summed E-state index contributed by atoms with van der Waals surface area (Å²) >= 11 is 1.92. The summed E-state index contributed by atoms with van der Waals surface area (Å²) in [6.45, 7) is 7.28. The zero-order valence-corrected chi connectivity index (χ0v) is 41.0. The molecule has 2 aliphatic carbocycles. The minimum Gasteiger partial charge on any atom is -0.460 e. The number of aliphatic hydroxyl groups excluding tert-OH is 2. The first-order valence-electron chi connectivity index (χ1n) is 25.7. The Kier molecular flexibility index (Phi) is 22.1. The van der Waals surface area contributed by atoms with Gasteiger partial charge in [0.15, 0.2) is 0 Å². The van der Waals surface area contributed by atoms with Crippen LogP contribution in [0, 0.1) is 27.9 Å². The van der Waals surface area contributed by atoms with Gasteiger partial charge in [-0.15, -0.1) is 6.58 Å². The van der Waals surface area contributed by atoms with Crippen molar-refractivity contribution in [2.24, 2.45) is 22.9 Å². The van der Waals surface area contributed by atoms with E-state index in [4.69, 9.17) is 24.2 Å². The summed E-state index contributed by atoms with van der Waals surface area (Å²) in [6.07, 6.45) is 28.2. The Hall–Kier alpha value is -4.16. The fourth-order valence-electron chi connectivity index (χ4n) is 10.6. The Balaban J connectivity index is 1.30. The Morgan fingerprint density at radius 1 is 0.821 bits per heavy atom. The Labute approximate surface area is 405 Å². The van der Waals surface area contributed by atoms with Gasteiger partial charge in [0, 0.05) is 37.2 Å². The first-order chi connectivity index (χ1) is 32.9. The number of allylic oxidation sites excluding steroid dienone is 1. The smallest absolute Gasteiger partial charge is 0.273 e. The highest BCUT2D eigenvalue weighted by molar-refractivity contribution is 8.00. The van der Waals surface area contributed by atoms with Gasteiger partial charge in [-0.25, -0.2) is 0 Å². The van der Waals surface area contributed by atoms with Crippen molar-refractivity contribution in [2.75, 3.05) is 25.6 Å². The molecule has 0 bridgehead atoms. The van der Waals surface area contributed by atoms with E-state index in [2.05, 4.69) is 25.6 Å². The van der Waals surface area contributed by atoms with Crippen molar-refractivity contribution < 1.29 is 34.2 Å². The molecule has 1 fully saturated rings. The quantitative estimate of drug-likeness (QED) is 0.0265. The number of unbranched alkanes of at least 4 members (excludes halogenated alkanes) is 15. The first kappa shape index (κ1) is 52.2. The van der Waals surface area contributed by atoms with Crippen LogP contribution in [0.25, 0.3) is 0 Å². The molecule has 6 atom stereocenters. The van der Waals surface area contributed by atoms with Crippen LogP contribution in [0.2, 0.25) is 0 Å². The summed E-state index contributed by atoms with van der Waals surface area (Å²) in [4.78, 5) is 17.5. The predicted molar refractivity (Wildman–Crippen MR) is 272 cm³/mol. The number of ether oxygens (including phenoxy) is 3. The van der Waals surface area contributed by atoms with Crippen molar-refractivity contribution in [2.45, 2.75) is 165 Å². The van der Waals surface area contributed by atoms with E-state index in [-0.39, 0.29) is 47.8 Å². The third kappa shape index (κ3) is 14.9. The maximum atomic E-state index is 11.7. The molecule has 0 spiro atoms. The predicted octanol–water partition coefficient (Wildman–Crippen LogP) is 14.4. The number of hydrogen-bond donors (Lipinski definition) is 2. The van der Waals surface area contributed by atoms with Crippen LogP contribution in [0.15, 0.2) is 102 Å². The lowest BCUT2D eigenvalue weighted by Crippen LogP contribution is -2.64. The van der Waals surface area contributed by atoms with E-state index in [0.29, 0.717) is 44.0 Å². The lowest BCUT2D eigenvalue weighted by atomic mass is 9.56. The molecule has 0 amide bonds. The van der Waals surface area contributed by atoms with Gasteiger partial charge in [-0.05, 0) is 85.1 Å². The van der Waals surface area contributed by atoms with Crippen LogP contribution in [0.1, 0.15) is 159 Å². The second-order valence-electron chi connectivity index (χ2n) is 18.8. The number of aliphatic hydroxyl groups is 2. The number of thioether (sulfide) groups is 1. The van der Waals surface area contributed by atoms with Gasteiger partial charge in [0.1, 0.15) is 23.9 Å². The molecule has 10 nitrogen and oxygen atoms in total. The van der Waals surface area contributed by atoms with Crippen molar-refractivity contribution in [1.29, 1.82) is 0 Å². The van der Waals surface area contributed by atoms with E-state index >= 15 is 0 Å². The third-order valence-corrected chi connectivity index (χ3v) is 15.4. The van der Waals surface area contributed by atoms with E-state index in [1.54, 1.807) is 12.1 Å². The molecule has 1 heterocycles. The zero-order valence-electron chi connectivity index (χ0n) is 40.2. The highest BCUT2D eigenvalue weighted by atomic mass is 32.2. The molecular formula is C56H78N2O8S. The maximum Gasteiger partial charge on any atom is 0.273 e. The van der Waals surface area contributed by atoms with Gasteiger partial charge < -0.3 is 29.3 Å². The number of fused-ring (bicyclic) bond motifs is 2. The minimum atomic E-state index is -1.05. The normalized spacial score (nSPS) is 22.3. The van der Waals surface area contributed by atoms with E-state index < -0.39 is 10.7 Å². The van der Waals surface area contributed by atoms with E-state index in [1.165, 1.54) is 95.6 Å². The van der Waals surface area contributed by atoms with E-state index in [9.17, 15) is 20.3 Å². The Morgan fingerprint density at radius 2 is 1.49 bits per heavy atom. The first-order valence-corrected chi connectivity index (χ1v) is 26.8. The van der Waals surface area contributed by atoms with Crippen LogP contribution < -0.4 is 9.47 Å². The number of non-ortho nitro benzene ring substituents is 1. The largest absolute Gasteiger partial charge is 0.460 e. The number of rotatable bonds is 33. The highest BCUT2D eigenvalue weighted by Gasteiger charge is 2.64. The van der Waals surface area contributed by atoms with Crippen LogP contribution in [0.5, 0.6) is 17.2 Å². The van der Waals surface area contributed by atoms with Crippen molar-refractivity contribution in [3.8, 4) is 17.2 Å². The average molecular weight is 939 g/mol. The van der Waals surface area contributed by atoms with Crippen molar-refractivity contribution in [1.82, 2.24) is 0 Å². The summed E-state index contributed by atoms with van der Waals surface area (Å²) in [5.41, 5.74) is 4.00. The average Bonchev–Trinajstić information content (AvgIpc) is 3.34. The van der Waals surface area contributed by atoms with Gasteiger partial charge in [0.25, 0.3) is 5.69 Å².